The molecule has 1 aliphatic heterocycles. The molecule has 0 amide bonds. The van der Waals surface area contributed by atoms with Gasteiger partial charge in [0.15, 0.2) is 0 Å². The second-order valence-electron chi connectivity index (χ2n) is 5.90. The number of H-pyrrole nitrogens is 1. The van der Waals surface area contributed by atoms with E-state index in [4.69, 9.17) is 0 Å². The molecule has 3 aromatic rings. The van der Waals surface area contributed by atoms with Gasteiger partial charge in [-0.2, -0.15) is 0 Å². The molecular weight excluding hydrogens is 292 g/mol. The molecular formula is C17H20N4S. The zero-order valence-corrected chi connectivity index (χ0v) is 13.5. The summed E-state index contributed by atoms with van der Waals surface area (Å²) in [6.45, 7) is 5.92. The van der Waals surface area contributed by atoms with Gasteiger partial charge in [-0.15, -0.1) is 11.3 Å². The van der Waals surface area contributed by atoms with E-state index in [1.807, 2.05) is 11.3 Å². The van der Waals surface area contributed by atoms with Crippen molar-refractivity contribution >= 4 is 22.4 Å². The van der Waals surface area contributed by atoms with Crippen LogP contribution in [0.1, 0.15) is 26.7 Å². The molecule has 3 heterocycles. The third kappa shape index (κ3) is 2.79. The molecule has 0 saturated carbocycles. The Morgan fingerprint density at radius 3 is 3.14 bits per heavy atom. The van der Waals surface area contributed by atoms with E-state index < -0.39 is 0 Å². The standard InChI is InChI=1S/C17H20N4S/c1-11-2-3-14-15(6-11)21-17(20-14)10-19-9-13-7-12-8-18-5-4-16(12)22-13/h2-3,6-7,18-19H,4-5,8-10H2,1H3,(H,20,21). The van der Waals surface area contributed by atoms with Crippen LogP contribution in [0.3, 0.4) is 0 Å². The largest absolute Gasteiger partial charge is 0.341 e. The molecule has 4 nitrogen and oxygen atoms in total. The Kier molecular flexibility index (Phi) is 3.70. The maximum atomic E-state index is 4.63. The van der Waals surface area contributed by atoms with Gasteiger partial charge >= 0.3 is 0 Å². The number of hydrogen-bond donors (Lipinski definition) is 3. The molecule has 22 heavy (non-hydrogen) atoms. The molecule has 1 aliphatic rings. The average molecular weight is 312 g/mol. The fraction of sp³-hybridized carbons (Fsp3) is 0.353. The number of nitrogens with one attached hydrogen (secondary N) is 3. The highest BCUT2D eigenvalue weighted by molar-refractivity contribution is 7.12. The molecule has 1 aromatic carbocycles. The molecule has 0 unspecified atom stereocenters. The van der Waals surface area contributed by atoms with Gasteiger partial charge in [-0.3, -0.25) is 0 Å². The molecule has 0 radical (unpaired) electrons. The van der Waals surface area contributed by atoms with Crippen LogP contribution in [-0.2, 0) is 26.1 Å². The topological polar surface area (TPSA) is 52.7 Å². The number of aryl methyl sites for hydroxylation is 1. The summed E-state index contributed by atoms with van der Waals surface area (Å²) in [4.78, 5) is 11.0. The minimum absolute atomic E-state index is 0.772. The van der Waals surface area contributed by atoms with Crippen molar-refractivity contribution in [1.29, 1.82) is 0 Å². The lowest BCUT2D eigenvalue weighted by molar-refractivity contribution is 0.651. The van der Waals surface area contributed by atoms with Gasteiger partial charge in [-0.1, -0.05) is 6.07 Å². The number of aromatic nitrogens is 2. The first kappa shape index (κ1) is 13.9. The summed E-state index contributed by atoms with van der Waals surface area (Å²) in [5, 5.41) is 6.93. The number of rotatable bonds is 4. The van der Waals surface area contributed by atoms with Gasteiger partial charge in [0.2, 0.25) is 0 Å². The van der Waals surface area contributed by atoms with Crippen LogP contribution in [0.15, 0.2) is 24.3 Å². The highest BCUT2D eigenvalue weighted by Gasteiger charge is 2.12. The van der Waals surface area contributed by atoms with Crippen molar-refractivity contribution < 1.29 is 0 Å². The van der Waals surface area contributed by atoms with E-state index in [0.717, 1.165) is 43.0 Å². The number of thiophene rings is 1. The Hall–Kier alpha value is -1.69. The van der Waals surface area contributed by atoms with Crippen molar-refractivity contribution in [3.05, 3.63) is 51.0 Å². The van der Waals surface area contributed by atoms with Crippen LogP contribution in [0.25, 0.3) is 11.0 Å². The lowest BCUT2D eigenvalue weighted by Crippen LogP contribution is -2.21. The number of hydrogen-bond acceptors (Lipinski definition) is 4. The summed E-state index contributed by atoms with van der Waals surface area (Å²) in [5.41, 5.74) is 4.90. The maximum absolute atomic E-state index is 4.63. The number of aromatic amines is 1. The van der Waals surface area contributed by atoms with Crippen LogP contribution < -0.4 is 10.6 Å². The molecule has 5 heteroatoms. The normalized spacial score (nSPS) is 14.4. The molecule has 3 N–H and O–H groups in total. The molecule has 0 aliphatic carbocycles. The lowest BCUT2D eigenvalue weighted by atomic mass is 10.1. The van der Waals surface area contributed by atoms with Crippen molar-refractivity contribution in [1.82, 2.24) is 20.6 Å². The van der Waals surface area contributed by atoms with E-state index in [2.05, 4.69) is 51.8 Å². The predicted molar refractivity (Wildman–Crippen MR) is 91.1 cm³/mol. The minimum Gasteiger partial charge on any atom is -0.341 e. The maximum Gasteiger partial charge on any atom is 0.121 e. The second kappa shape index (κ2) is 5.83. The SMILES string of the molecule is Cc1ccc2nc(CNCc3cc4c(s3)CCNC4)[nH]c2c1. The molecule has 0 fully saturated rings. The van der Waals surface area contributed by atoms with Gasteiger partial charge in [-0.05, 0) is 42.7 Å². The Balaban J connectivity index is 1.40. The van der Waals surface area contributed by atoms with Crippen LogP contribution in [-0.4, -0.2) is 16.5 Å². The summed E-state index contributed by atoms with van der Waals surface area (Å²) >= 11 is 1.94. The van der Waals surface area contributed by atoms with Crippen molar-refractivity contribution in [2.24, 2.45) is 0 Å². The van der Waals surface area contributed by atoms with Crippen molar-refractivity contribution in [3.63, 3.8) is 0 Å². The first-order chi connectivity index (χ1) is 10.8. The summed E-state index contributed by atoms with van der Waals surface area (Å²) in [6, 6.07) is 8.66. The van der Waals surface area contributed by atoms with E-state index in [-0.39, 0.29) is 0 Å². The van der Waals surface area contributed by atoms with Crippen molar-refractivity contribution in [3.8, 4) is 0 Å². The summed E-state index contributed by atoms with van der Waals surface area (Å²) in [5.74, 6) is 1.00. The first-order valence-corrected chi connectivity index (χ1v) is 8.57. The molecule has 0 atom stereocenters. The van der Waals surface area contributed by atoms with Gasteiger partial charge in [0, 0.05) is 29.4 Å². The Bertz CT molecular complexity index is 779. The lowest BCUT2D eigenvalue weighted by Gasteiger charge is -2.10. The summed E-state index contributed by atoms with van der Waals surface area (Å²) < 4.78 is 0. The quantitative estimate of drug-likeness (QED) is 0.694. The van der Waals surface area contributed by atoms with Crippen molar-refractivity contribution in [2.75, 3.05) is 6.54 Å². The van der Waals surface area contributed by atoms with E-state index in [1.165, 1.54) is 22.4 Å². The molecule has 2 aromatic heterocycles. The van der Waals surface area contributed by atoms with Crippen LogP contribution in [0.4, 0.5) is 0 Å². The van der Waals surface area contributed by atoms with Crippen LogP contribution in [0.5, 0.6) is 0 Å². The van der Waals surface area contributed by atoms with Gasteiger partial charge in [0.1, 0.15) is 5.82 Å². The van der Waals surface area contributed by atoms with Crippen LogP contribution in [0, 0.1) is 6.92 Å². The van der Waals surface area contributed by atoms with Crippen molar-refractivity contribution in [2.45, 2.75) is 33.0 Å². The summed E-state index contributed by atoms with van der Waals surface area (Å²) in [6.07, 6.45) is 1.17. The third-order valence-electron chi connectivity index (χ3n) is 4.07. The second-order valence-corrected chi connectivity index (χ2v) is 7.12. The zero-order chi connectivity index (χ0) is 14.9. The predicted octanol–water partition coefficient (Wildman–Crippen LogP) is 2.87. The third-order valence-corrected chi connectivity index (χ3v) is 5.31. The molecule has 4 rings (SSSR count). The monoisotopic (exact) mass is 312 g/mol. The van der Waals surface area contributed by atoms with Crippen LogP contribution >= 0.6 is 11.3 Å². The smallest absolute Gasteiger partial charge is 0.121 e. The molecule has 0 saturated heterocycles. The average Bonchev–Trinajstić information content (AvgIpc) is 3.09. The number of nitrogens with zero attached hydrogens (tertiary/aromatic N) is 1. The Morgan fingerprint density at radius 1 is 1.27 bits per heavy atom. The molecule has 0 spiro atoms. The van der Waals surface area contributed by atoms with Gasteiger partial charge in [0.25, 0.3) is 0 Å². The van der Waals surface area contributed by atoms with E-state index >= 15 is 0 Å². The fourth-order valence-electron chi connectivity index (χ4n) is 2.97. The van der Waals surface area contributed by atoms with Gasteiger partial charge < -0.3 is 15.6 Å². The van der Waals surface area contributed by atoms with Crippen LogP contribution in [0.2, 0.25) is 0 Å². The Morgan fingerprint density at radius 2 is 2.23 bits per heavy atom. The number of benzene rings is 1. The van der Waals surface area contributed by atoms with E-state index in [1.54, 1.807) is 4.88 Å². The highest BCUT2D eigenvalue weighted by atomic mass is 32.1. The van der Waals surface area contributed by atoms with E-state index in [0.29, 0.717) is 0 Å². The minimum atomic E-state index is 0.772. The van der Waals surface area contributed by atoms with E-state index in [9.17, 15) is 0 Å². The highest BCUT2D eigenvalue weighted by Crippen LogP contribution is 2.25. The fourth-order valence-corrected chi connectivity index (χ4v) is 4.12. The number of fused-ring (bicyclic) bond motifs is 2. The Labute approximate surface area is 134 Å². The number of imidazole rings is 1. The molecule has 0 bridgehead atoms. The summed E-state index contributed by atoms with van der Waals surface area (Å²) in [7, 11) is 0. The zero-order valence-electron chi connectivity index (χ0n) is 12.7. The first-order valence-electron chi connectivity index (χ1n) is 7.75. The van der Waals surface area contributed by atoms with Gasteiger partial charge in [-0.25, -0.2) is 4.98 Å². The van der Waals surface area contributed by atoms with Gasteiger partial charge in [0.05, 0.1) is 17.6 Å². The molecule has 114 valence electrons.